The summed E-state index contributed by atoms with van der Waals surface area (Å²) in [6.07, 6.45) is 2.25. The van der Waals surface area contributed by atoms with Gasteiger partial charge in [-0.05, 0) is 31.4 Å². The summed E-state index contributed by atoms with van der Waals surface area (Å²) >= 11 is 6.94. The van der Waals surface area contributed by atoms with Gasteiger partial charge in [0.2, 0.25) is 0 Å². The lowest BCUT2D eigenvalue weighted by Gasteiger charge is -2.35. The topological polar surface area (TPSA) is 60.9 Å². The summed E-state index contributed by atoms with van der Waals surface area (Å²) in [5.74, 6) is 0. The third-order valence-electron chi connectivity index (χ3n) is 4.28. The van der Waals surface area contributed by atoms with Gasteiger partial charge < -0.3 is 5.11 Å². The molecular weight excluding hydrogens is 332 g/mol. The highest BCUT2D eigenvalue weighted by atomic mass is 35.5. The Kier molecular flexibility index (Phi) is 4.59. The molecule has 8 heteroatoms. The van der Waals surface area contributed by atoms with E-state index in [0.717, 1.165) is 43.7 Å². The molecule has 0 saturated carbocycles. The lowest BCUT2D eigenvalue weighted by atomic mass is 10.1. The molecule has 2 saturated heterocycles. The first-order valence-corrected chi connectivity index (χ1v) is 9.78. The van der Waals surface area contributed by atoms with Gasteiger partial charge in [0.25, 0.3) is 10.0 Å². The average molecular weight is 351 g/mol. The van der Waals surface area contributed by atoms with Gasteiger partial charge in [-0.1, -0.05) is 11.6 Å². The van der Waals surface area contributed by atoms with Crippen LogP contribution in [0.15, 0.2) is 16.3 Å². The predicted octanol–water partition coefficient (Wildman–Crippen LogP) is 1.62. The number of sulfonamides is 1. The summed E-state index contributed by atoms with van der Waals surface area (Å²) in [6, 6.07) is 3.59. The minimum absolute atomic E-state index is 0.222. The van der Waals surface area contributed by atoms with Crippen LogP contribution in [0.25, 0.3) is 0 Å². The summed E-state index contributed by atoms with van der Waals surface area (Å²) in [5, 5.41) is 9.60. The van der Waals surface area contributed by atoms with Crippen molar-refractivity contribution in [3.63, 3.8) is 0 Å². The first-order chi connectivity index (χ1) is 9.96. The van der Waals surface area contributed by atoms with Crippen molar-refractivity contribution in [1.82, 2.24) is 9.21 Å². The van der Waals surface area contributed by atoms with Crippen LogP contribution < -0.4 is 0 Å². The Morgan fingerprint density at radius 3 is 2.43 bits per heavy atom. The highest BCUT2D eigenvalue weighted by Crippen LogP contribution is 2.30. The van der Waals surface area contributed by atoms with E-state index in [9.17, 15) is 13.5 Å². The number of piperidine rings is 1. The Labute approximate surface area is 134 Å². The highest BCUT2D eigenvalue weighted by molar-refractivity contribution is 7.91. The van der Waals surface area contributed by atoms with Gasteiger partial charge in [-0.2, -0.15) is 4.31 Å². The summed E-state index contributed by atoms with van der Waals surface area (Å²) in [7, 11) is -3.40. The summed E-state index contributed by atoms with van der Waals surface area (Å²) in [5.41, 5.74) is 0. The van der Waals surface area contributed by atoms with Gasteiger partial charge in [0.05, 0.1) is 10.4 Å². The van der Waals surface area contributed by atoms with Gasteiger partial charge in [0.1, 0.15) is 4.21 Å². The molecule has 0 aromatic carbocycles. The van der Waals surface area contributed by atoms with Gasteiger partial charge >= 0.3 is 0 Å². The Balaban J connectivity index is 1.63. The molecule has 1 atom stereocenters. The van der Waals surface area contributed by atoms with Crippen LogP contribution in [-0.2, 0) is 10.0 Å². The molecule has 0 amide bonds. The third kappa shape index (κ3) is 3.28. The van der Waals surface area contributed by atoms with Gasteiger partial charge in [0.15, 0.2) is 0 Å². The lowest BCUT2D eigenvalue weighted by Crippen LogP contribution is -2.46. The van der Waals surface area contributed by atoms with Crippen LogP contribution in [0.3, 0.4) is 0 Å². The first-order valence-electron chi connectivity index (χ1n) is 7.14. The molecule has 2 aliphatic heterocycles. The van der Waals surface area contributed by atoms with Crippen molar-refractivity contribution in [3.8, 4) is 0 Å². The molecule has 1 aromatic rings. The molecule has 5 nitrogen and oxygen atoms in total. The summed E-state index contributed by atoms with van der Waals surface area (Å²) in [6.45, 7) is 2.71. The van der Waals surface area contributed by atoms with Crippen LogP contribution in [0, 0.1) is 0 Å². The van der Waals surface area contributed by atoms with Gasteiger partial charge in [-0.25, -0.2) is 8.42 Å². The van der Waals surface area contributed by atoms with Crippen LogP contribution in [0.2, 0.25) is 4.34 Å². The van der Waals surface area contributed by atoms with E-state index < -0.39 is 10.0 Å². The lowest BCUT2D eigenvalue weighted by molar-refractivity contribution is 0.132. The second kappa shape index (κ2) is 6.14. The number of likely N-dealkylation sites (tertiary alicyclic amines) is 1. The number of β-amino-alcohol motifs (C(OH)–C–C–N with tert-alkyl or cyclic N) is 1. The molecule has 3 rings (SSSR count). The minimum atomic E-state index is -3.40. The fraction of sp³-hybridized carbons (Fsp3) is 0.692. The molecule has 0 spiro atoms. The molecule has 0 bridgehead atoms. The Hall–Kier alpha value is -0.180. The van der Waals surface area contributed by atoms with Crippen LogP contribution in [0.1, 0.15) is 19.3 Å². The number of aliphatic hydroxyl groups is 1. The van der Waals surface area contributed by atoms with Crippen molar-refractivity contribution < 1.29 is 13.5 Å². The number of hydrogen-bond donors (Lipinski definition) is 1. The molecule has 118 valence electrons. The van der Waals surface area contributed by atoms with E-state index in [4.69, 9.17) is 11.6 Å². The normalized spacial score (nSPS) is 26.5. The monoisotopic (exact) mass is 350 g/mol. The second-order valence-corrected chi connectivity index (χ2v) is 9.51. The number of halogens is 1. The van der Waals surface area contributed by atoms with Gasteiger partial charge in [-0.3, -0.25) is 4.90 Å². The molecule has 21 heavy (non-hydrogen) atoms. The smallest absolute Gasteiger partial charge is 0.252 e. The zero-order valence-electron chi connectivity index (χ0n) is 11.6. The molecule has 3 heterocycles. The number of thiophene rings is 1. The van der Waals surface area contributed by atoms with E-state index in [-0.39, 0.29) is 6.10 Å². The fourth-order valence-electron chi connectivity index (χ4n) is 3.11. The third-order valence-corrected chi connectivity index (χ3v) is 7.87. The van der Waals surface area contributed by atoms with E-state index in [1.807, 2.05) is 0 Å². The minimum Gasteiger partial charge on any atom is -0.392 e. The molecule has 0 aliphatic carbocycles. The van der Waals surface area contributed by atoms with Crippen molar-refractivity contribution >= 4 is 33.0 Å². The van der Waals surface area contributed by atoms with Crippen LogP contribution in [-0.4, -0.2) is 61.1 Å². The molecule has 1 N–H and O–H groups in total. The zero-order chi connectivity index (χ0) is 15.0. The van der Waals surface area contributed by atoms with Crippen molar-refractivity contribution in [3.05, 3.63) is 16.5 Å². The second-order valence-electron chi connectivity index (χ2n) is 5.63. The quantitative estimate of drug-likeness (QED) is 0.900. The number of rotatable bonds is 3. The van der Waals surface area contributed by atoms with Crippen molar-refractivity contribution in [2.45, 2.75) is 35.6 Å². The number of nitrogens with zero attached hydrogens (tertiary/aromatic N) is 2. The maximum absolute atomic E-state index is 12.5. The van der Waals surface area contributed by atoms with Crippen LogP contribution >= 0.6 is 22.9 Å². The summed E-state index contributed by atoms with van der Waals surface area (Å²) < 4.78 is 27.4. The molecule has 2 aliphatic rings. The van der Waals surface area contributed by atoms with Crippen molar-refractivity contribution in [1.29, 1.82) is 0 Å². The number of aliphatic hydroxyl groups excluding tert-OH is 1. The van der Waals surface area contributed by atoms with Crippen molar-refractivity contribution in [2.24, 2.45) is 0 Å². The maximum Gasteiger partial charge on any atom is 0.252 e. The molecule has 2 fully saturated rings. The Morgan fingerprint density at radius 1 is 1.19 bits per heavy atom. The Bertz CT molecular complexity index is 596. The van der Waals surface area contributed by atoms with Crippen LogP contribution in [0.5, 0.6) is 0 Å². The van der Waals surface area contributed by atoms with Gasteiger partial charge in [-0.15, -0.1) is 11.3 Å². The standard InChI is InChI=1S/C13H19ClN2O3S2/c14-12-1-2-13(20-12)21(18,19)16-7-3-10(4-8-16)15-6-5-11(17)9-15/h1-2,10-11,17H,3-9H2. The predicted molar refractivity (Wildman–Crippen MR) is 83.3 cm³/mol. The number of hydrogen-bond acceptors (Lipinski definition) is 5. The Morgan fingerprint density at radius 2 is 1.90 bits per heavy atom. The van der Waals surface area contributed by atoms with E-state index in [0.29, 0.717) is 27.7 Å². The maximum atomic E-state index is 12.5. The SMILES string of the molecule is O=S(=O)(c1ccc(Cl)s1)N1CCC(N2CCC(O)C2)CC1. The van der Waals surface area contributed by atoms with E-state index >= 15 is 0 Å². The molecule has 1 aromatic heterocycles. The average Bonchev–Trinajstić information content (AvgIpc) is 3.08. The van der Waals surface area contributed by atoms with Crippen LogP contribution in [0.4, 0.5) is 0 Å². The van der Waals surface area contributed by atoms with Crippen molar-refractivity contribution in [2.75, 3.05) is 26.2 Å². The largest absolute Gasteiger partial charge is 0.392 e. The van der Waals surface area contributed by atoms with Gasteiger partial charge in [0, 0.05) is 32.2 Å². The molecule has 0 radical (unpaired) electrons. The fourth-order valence-corrected chi connectivity index (χ4v) is 6.22. The van der Waals surface area contributed by atoms with E-state index in [2.05, 4.69) is 4.90 Å². The molecular formula is C13H19ClN2O3S2. The van der Waals surface area contributed by atoms with E-state index in [1.165, 1.54) is 0 Å². The van der Waals surface area contributed by atoms with E-state index in [1.54, 1.807) is 16.4 Å². The molecule has 1 unspecified atom stereocenters. The first kappa shape index (κ1) is 15.7. The summed E-state index contributed by atoms with van der Waals surface area (Å²) in [4.78, 5) is 2.29. The zero-order valence-corrected chi connectivity index (χ0v) is 14.0. The highest BCUT2D eigenvalue weighted by Gasteiger charge is 2.34.